The summed E-state index contributed by atoms with van der Waals surface area (Å²) in [5, 5.41) is 0. The van der Waals surface area contributed by atoms with Gasteiger partial charge in [0.1, 0.15) is 5.52 Å². The van der Waals surface area contributed by atoms with E-state index in [1.165, 1.54) is 0 Å². The predicted molar refractivity (Wildman–Crippen MR) is 67.3 cm³/mol. The summed E-state index contributed by atoms with van der Waals surface area (Å²) in [7, 11) is 0. The second-order valence-electron chi connectivity index (χ2n) is 3.69. The maximum absolute atomic E-state index is 5.54. The van der Waals surface area contributed by atoms with Crippen molar-refractivity contribution >= 4 is 17.2 Å². The fourth-order valence-corrected chi connectivity index (χ4v) is 1.63. The quantitative estimate of drug-likeness (QED) is 0.658. The Labute approximate surface area is 99.2 Å². The standard InChI is InChI=1S/C15H10NO/c1-2-6-12(7-3-1)10-11-15-16-13-8-4-5-9-14(13)17-15/h1-10H. The molecule has 2 aromatic carbocycles. The van der Waals surface area contributed by atoms with Crippen LogP contribution >= 0.6 is 0 Å². The summed E-state index contributed by atoms with van der Waals surface area (Å²) in [5.74, 6) is 0.509. The topological polar surface area (TPSA) is 26.0 Å². The number of oxazole rings is 1. The second kappa shape index (κ2) is 4.26. The van der Waals surface area contributed by atoms with Gasteiger partial charge in [0.25, 0.3) is 0 Å². The molecule has 0 aliphatic rings. The number of hydrogen-bond donors (Lipinski definition) is 0. The molecule has 1 aromatic heterocycles. The lowest BCUT2D eigenvalue weighted by molar-refractivity contribution is 0.576. The van der Waals surface area contributed by atoms with Crippen molar-refractivity contribution < 1.29 is 4.42 Å². The third kappa shape index (κ3) is 2.11. The number of para-hydroxylation sites is 2. The van der Waals surface area contributed by atoms with E-state index >= 15 is 0 Å². The Bertz CT molecular complexity index is 620. The lowest BCUT2D eigenvalue weighted by Gasteiger charge is -1.88. The fraction of sp³-hybridized carbons (Fsp3) is 0. The van der Waals surface area contributed by atoms with Crippen LogP contribution in [0, 0.1) is 6.08 Å². The van der Waals surface area contributed by atoms with Crippen LogP contribution in [0.2, 0.25) is 0 Å². The first-order valence-electron chi connectivity index (χ1n) is 5.42. The minimum Gasteiger partial charge on any atom is -0.436 e. The minimum absolute atomic E-state index is 0.509. The molecule has 0 fully saturated rings. The van der Waals surface area contributed by atoms with Gasteiger partial charge in [0.15, 0.2) is 5.58 Å². The maximum Gasteiger partial charge on any atom is 0.228 e. The van der Waals surface area contributed by atoms with Crippen LogP contribution in [-0.2, 0) is 0 Å². The SMILES string of the molecule is [C](=Cc1ccccc1)c1nc2ccccc2o1. The van der Waals surface area contributed by atoms with Gasteiger partial charge < -0.3 is 4.42 Å². The van der Waals surface area contributed by atoms with Gasteiger partial charge >= 0.3 is 0 Å². The molecular formula is C15H10NO. The van der Waals surface area contributed by atoms with Crippen LogP contribution in [-0.4, -0.2) is 4.98 Å². The van der Waals surface area contributed by atoms with Crippen molar-refractivity contribution in [2.75, 3.05) is 0 Å². The van der Waals surface area contributed by atoms with E-state index in [0.29, 0.717) is 5.89 Å². The first-order chi connectivity index (χ1) is 8.42. The Hall–Kier alpha value is -2.35. The molecule has 3 rings (SSSR count). The largest absolute Gasteiger partial charge is 0.436 e. The Morgan fingerprint density at radius 2 is 1.71 bits per heavy atom. The molecule has 81 valence electrons. The predicted octanol–water partition coefficient (Wildman–Crippen LogP) is 3.69. The molecule has 3 aromatic rings. The van der Waals surface area contributed by atoms with Gasteiger partial charge in [-0.2, -0.15) is 0 Å². The molecule has 0 amide bonds. The van der Waals surface area contributed by atoms with E-state index < -0.39 is 0 Å². The molecule has 1 heterocycles. The van der Waals surface area contributed by atoms with E-state index in [1.807, 2.05) is 60.7 Å². The normalized spacial score (nSPS) is 11.3. The third-order valence-electron chi connectivity index (χ3n) is 2.46. The molecular weight excluding hydrogens is 210 g/mol. The summed E-state index contributed by atoms with van der Waals surface area (Å²) in [5.41, 5.74) is 2.72. The highest BCUT2D eigenvalue weighted by atomic mass is 16.3. The van der Waals surface area contributed by atoms with Gasteiger partial charge in [0, 0.05) is 0 Å². The number of nitrogens with zero attached hydrogens (tertiary/aromatic N) is 1. The Kier molecular flexibility index (Phi) is 2.47. The molecule has 1 radical (unpaired) electrons. The number of benzene rings is 2. The van der Waals surface area contributed by atoms with Gasteiger partial charge in [-0.3, -0.25) is 0 Å². The van der Waals surface area contributed by atoms with Crippen LogP contribution in [0.15, 0.2) is 59.0 Å². The van der Waals surface area contributed by atoms with Crippen LogP contribution in [0.5, 0.6) is 0 Å². The van der Waals surface area contributed by atoms with E-state index in [9.17, 15) is 0 Å². The number of rotatable bonds is 2. The summed E-state index contributed by atoms with van der Waals surface area (Å²) < 4.78 is 5.54. The van der Waals surface area contributed by atoms with Gasteiger partial charge in [-0.25, -0.2) is 4.98 Å². The smallest absolute Gasteiger partial charge is 0.228 e. The number of hydrogen-bond acceptors (Lipinski definition) is 2. The lowest BCUT2D eigenvalue weighted by Crippen LogP contribution is -1.73. The fourth-order valence-electron chi connectivity index (χ4n) is 1.63. The van der Waals surface area contributed by atoms with Crippen LogP contribution in [0.1, 0.15) is 11.5 Å². The van der Waals surface area contributed by atoms with E-state index in [0.717, 1.165) is 16.7 Å². The van der Waals surface area contributed by atoms with E-state index in [1.54, 1.807) is 0 Å². The zero-order valence-corrected chi connectivity index (χ0v) is 9.13. The first kappa shape index (κ1) is 9.85. The second-order valence-corrected chi connectivity index (χ2v) is 3.69. The zero-order valence-electron chi connectivity index (χ0n) is 9.13. The lowest BCUT2D eigenvalue weighted by atomic mass is 10.2. The first-order valence-corrected chi connectivity index (χ1v) is 5.42. The summed E-state index contributed by atoms with van der Waals surface area (Å²) in [6.07, 6.45) is 4.91. The monoisotopic (exact) mass is 220 g/mol. The summed E-state index contributed by atoms with van der Waals surface area (Å²) in [4.78, 5) is 4.32. The molecule has 0 saturated carbocycles. The highest BCUT2D eigenvalue weighted by Gasteiger charge is 2.01. The highest BCUT2D eigenvalue weighted by molar-refractivity contribution is 5.72. The molecule has 0 unspecified atom stereocenters. The van der Waals surface area contributed by atoms with E-state index in [4.69, 9.17) is 4.42 Å². The van der Waals surface area contributed by atoms with Gasteiger partial charge in [0.2, 0.25) is 5.89 Å². The van der Waals surface area contributed by atoms with Crippen molar-refractivity contribution in [3.8, 4) is 0 Å². The van der Waals surface area contributed by atoms with Crippen LogP contribution < -0.4 is 0 Å². The molecule has 0 spiro atoms. The Morgan fingerprint density at radius 3 is 2.53 bits per heavy atom. The average Bonchev–Trinajstić information content (AvgIpc) is 2.80. The number of fused-ring (bicyclic) bond motifs is 1. The molecule has 0 saturated heterocycles. The van der Waals surface area contributed by atoms with Gasteiger partial charge in [-0.05, 0) is 23.8 Å². The van der Waals surface area contributed by atoms with Crippen molar-refractivity contribution in [1.82, 2.24) is 4.98 Å². The van der Waals surface area contributed by atoms with Crippen LogP contribution in [0.4, 0.5) is 0 Å². The molecule has 0 aliphatic heterocycles. The van der Waals surface area contributed by atoms with Crippen molar-refractivity contribution in [3.63, 3.8) is 0 Å². The van der Waals surface area contributed by atoms with Crippen molar-refractivity contribution in [2.24, 2.45) is 0 Å². The van der Waals surface area contributed by atoms with Crippen molar-refractivity contribution in [3.05, 3.63) is 72.1 Å². The molecule has 2 nitrogen and oxygen atoms in total. The zero-order chi connectivity index (χ0) is 11.5. The third-order valence-corrected chi connectivity index (χ3v) is 2.46. The minimum atomic E-state index is 0.509. The maximum atomic E-state index is 5.54. The molecule has 0 atom stereocenters. The molecule has 0 bridgehead atoms. The van der Waals surface area contributed by atoms with Gasteiger partial charge in [-0.1, -0.05) is 42.5 Å². The van der Waals surface area contributed by atoms with Gasteiger partial charge in [-0.15, -0.1) is 0 Å². The van der Waals surface area contributed by atoms with Gasteiger partial charge in [0.05, 0.1) is 6.08 Å². The Balaban J connectivity index is 1.92. The number of aromatic nitrogens is 1. The molecule has 2 heteroatoms. The Morgan fingerprint density at radius 1 is 0.941 bits per heavy atom. The average molecular weight is 220 g/mol. The van der Waals surface area contributed by atoms with Crippen molar-refractivity contribution in [1.29, 1.82) is 0 Å². The molecule has 0 N–H and O–H groups in total. The van der Waals surface area contributed by atoms with Crippen molar-refractivity contribution in [2.45, 2.75) is 0 Å². The summed E-state index contributed by atoms with van der Waals surface area (Å²) in [6.45, 7) is 0. The highest BCUT2D eigenvalue weighted by Crippen LogP contribution is 2.15. The summed E-state index contributed by atoms with van der Waals surface area (Å²) >= 11 is 0. The summed E-state index contributed by atoms with van der Waals surface area (Å²) in [6, 6.07) is 17.7. The van der Waals surface area contributed by atoms with E-state index in [2.05, 4.69) is 11.1 Å². The van der Waals surface area contributed by atoms with Crippen LogP contribution in [0.25, 0.3) is 17.2 Å². The molecule has 17 heavy (non-hydrogen) atoms. The molecule has 0 aliphatic carbocycles. The van der Waals surface area contributed by atoms with E-state index in [-0.39, 0.29) is 0 Å². The van der Waals surface area contributed by atoms with Crippen LogP contribution in [0.3, 0.4) is 0 Å².